The molecule has 1 N–H and O–H groups in total. The van der Waals surface area contributed by atoms with Crippen LogP contribution in [0, 0.1) is 6.92 Å². The molecule has 1 fully saturated rings. The van der Waals surface area contributed by atoms with E-state index in [2.05, 4.69) is 35.2 Å². The first kappa shape index (κ1) is 9.62. The van der Waals surface area contributed by atoms with Crippen LogP contribution in [0.15, 0.2) is 18.5 Å². The zero-order valence-corrected chi connectivity index (χ0v) is 8.83. The fourth-order valence-corrected chi connectivity index (χ4v) is 2.01. The van der Waals surface area contributed by atoms with Crippen molar-refractivity contribution in [3.63, 3.8) is 0 Å². The van der Waals surface area contributed by atoms with Crippen molar-refractivity contribution in [1.82, 2.24) is 15.2 Å². The van der Waals surface area contributed by atoms with E-state index >= 15 is 0 Å². The molecule has 1 unspecified atom stereocenters. The molecule has 3 heteroatoms. The highest BCUT2D eigenvalue weighted by molar-refractivity contribution is 5.26. The van der Waals surface area contributed by atoms with Gasteiger partial charge in [-0.2, -0.15) is 0 Å². The maximum Gasteiger partial charge on any atom is 0.0473 e. The third-order valence-corrected chi connectivity index (χ3v) is 2.93. The highest BCUT2D eigenvalue weighted by atomic mass is 15.2. The van der Waals surface area contributed by atoms with E-state index in [0.717, 1.165) is 19.6 Å². The predicted molar refractivity (Wildman–Crippen MR) is 57.2 cm³/mol. The Balaban J connectivity index is 2.25. The van der Waals surface area contributed by atoms with Crippen molar-refractivity contribution in [1.29, 1.82) is 0 Å². The van der Waals surface area contributed by atoms with E-state index in [9.17, 15) is 0 Å². The van der Waals surface area contributed by atoms with E-state index in [1.807, 2.05) is 12.4 Å². The molecule has 0 aromatic carbocycles. The number of nitrogens with one attached hydrogen (secondary N) is 1. The zero-order valence-electron chi connectivity index (χ0n) is 8.83. The molecule has 2 rings (SSSR count). The van der Waals surface area contributed by atoms with E-state index in [4.69, 9.17) is 0 Å². The standard InChI is InChI=1S/C11H17N3/c1-9-7-12-4-3-10(9)11-8-13-5-6-14(11)2/h3-4,7,11,13H,5-6,8H2,1-2H3. The SMILES string of the molecule is Cc1cnccc1C1CNCCN1C. The minimum Gasteiger partial charge on any atom is -0.314 e. The number of likely N-dealkylation sites (N-methyl/N-ethyl adjacent to an activating group) is 1. The predicted octanol–water partition coefficient (Wildman–Crippen LogP) is 0.966. The Kier molecular flexibility index (Phi) is 2.79. The number of hydrogen-bond acceptors (Lipinski definition) is 3. The summed E-state index contributed by atoms with van der Waals surface area (Å²) in [6.45, 7) is 5.38. The topological polar surface area (TPSA) is 28.2 Å². The lowest BCUT2D eigenvalue weighted by molar-refractivity contribution is 0.201. The van der Waals surface area contributed by atoms with Crippen LogP contribution >= 0.6 is 0 Å². The van der Waals surface area contributed by atoms with E-state index in [1.165, 1.54) is 11.1 Å². The van der Waals surface area contributed by atoms with Gasteiger partial charge in [-0.25, -0.2) is 0 Å². The number of rotatable bonds is 1. The smallest absolute Gasteiger partial charge is 0.0473 e. The maximum absolute atomic E-state index is 4.13. The highest BCUT2D eigenvalue weighted by Gasteiger charge is 2.21. The van der Waals surface area contributed by atoms with Crippen molar-refractivity contribution in [3.05, 3.63) is 29.6 Å². The molecular weight excluding hydrogens is 174 g/mol. The minimum atomic E-state index is 0.506. The van der Waals surface area contributed by atoms with E-state index in [-0.39, 0.29) is 0 Å². The second-order valence-corrected chi connectivity index (χ2v) is 3.93. The lowest BCUT2D eigenvalue weighted by Gasteiger charge is -2.34. The number of nitrogens with zero attached hydrogens (tertiary/aromatic N) is 2. The molecule has 14 heavy (non-hydrogen) atoms. The quantitative estimate of drug-likeness (QED) is 0.717. The minimum absolute atomic E-state index is 0.506. The molecule has 3 nitrogen and oxygen atoms in total. The molecule has 0 radical (unpaired) electrons. The van der Waals surface area contributed by atoms with Gasteiger partial charge in [-0.3, -0.25) is 9.88 Å². The van der Waals surface area contributed by atoms with Gasteiger partial charge in [0.1, 0.15) is 0 Å². The third-order valence-electron chi connectivity index (χ3n) is 2.93. The molecule has 0 bridgehead atoms. The summed E-state index contributed by atoms with van der Waals surface area (Å²) in [4.78, 5) is 6.53. The summed E-state index contributed by atoms with van der Waals surface area (Å²) in [5.74, 6) is 0. The van der Waals surface area contributed by atoms with Crippen LogP contribution in [0.5, 0.6) is 0 Å². The number of piperazine rings is 1. The first-order valence-electron chi connectivity index (χ1n) is 5.10. The number of aromatic nitrogens is 1. The van der Waals surface area contributed by atoms with Crippen molar-refractivity contribution in [2.45, 2.75) is 13.0 Å². The van der Waals surface area contributed by atoms with Crippen molar-refractivity contribution in [3.8, 4) is 0 Å². The number of aryl methyl sites for hydroxylation is 1. The van der Waals surface area contributed by atoms with Gasteiger partial charge in [-0.1, -0.05) is 0 Å². The Morgan fingerprint density at radius 3 is 3.14 bits per heavy atom. The Morgan fingerprint density at radius 2 is 2.43 bits per heavy atom. The first-order valence-corrected chi connectivity index (χ1v) is 5.10. The van der Waals surface area contributed by atoms with E-state index in [0.29, 0.717) is 6.04 Å². The Hall–Kier alpha value is -0.930. The molecule has 1 aliphatic heterocycles. The van der Waals surface area contributed by atoms with Crippen LogP contribution in [0.3, 0.4) is 0 Å². The van der Waals surface area contributed by atoms with Gasteiger partial charge in [0.05, 0.1) is 0 Å². The van der Waals surface area contributed by atoms with E-state index < -0.39 is 0 Å². The normalized spacial score (nSPS) is 23.7. The fourth-order valence-electron chi connectivity index (χ4n) is 2.01. The summed E-state index contributed by atoms with van der Waals surface area (Å²) in [5.41, 5.74) is 2.68. The van der Waals surface area contributed by atoms with Crippen LogP contribution in [0.1, 0.15) is 17.2 Å². The van der Waals surface area contributed by atoms with E-state index in [1.54, 1.807) is 0 Å². The van der Waals surface area contributed by atoms with Crippen LogP contribution < -0.4 is 5.32 Å². The van der Waals surface area contributed by atoms with Crippen molar-refractivity contribution >= 4 is 0 Å². The lowest BCUT2D eigenvalue weighted by atomic mass is 10.0. The number of pyridine rings is 1. The Bertz CT molecular complexity index is 311. The molecule has 0 aliphatic carbocycles. The van der Waals surface area contributed by atoms with Gasteiger partial charge in [0.2, 0.25) is 0 Å². The van der Waals surface area contributed by atoms with Crippen LogP contribution in [0.2, 0.25) is 0 Å². The zero-order chi connectivity index (χ0) is 9.97. The molecule has 1 saturated heterocycles. The molecule has 2 heterocycles. The molecule has 1 aromatic heterocycles. The van der Waals surface area contributed by atoms with Gasteiger partial charge in [0, 0.05) is 38.1 Å². The highest BCUT2D eigenvalue weighted by Crippen LogP contribution is 2.22. The van der Waals surface area contributed by atoms with Gasteiger partial charge in [0.15, 0.2) is 0 Å². The maximum atomic E-state index is 4.13. The molecule has 0 amide bonds. The summed E-state index contributed by atoms with van der Waals surface area (Å²) in [5, 5.41) is 3.43. The molecule has 1 atom stereocenters. The number of hydrogen-bond donors (Lipinski definition) is 1. The molecule has 0 spiro atoms. The molecule has 76 valence electrons. The van der Waals surface area contributed by atoms with Crippen LogP contribution in [0.25, 0.3) is 0 Å². The lowest BCUT2D eigenvalue weighted by Crippen LogP contribution is -2.44. The van der Waals surface area contributed by atoms with Gasteiger partial charge >= 0.3 is 0 Å². The van der Waals surface area contributed by atoms with Gasteiger partial charge in [-0.05, 0) is 31.2 Å². The molecule has 1 aromatic rings. The summed E-state index contributed by atoms with van der Waals surface area (Å²) in [6.07, 6.45) is 3.82. The van der Waals surface area contributed by atoms with Crippen molar-refractivity contribution in [2.75, 3.05) is 26.7 Å². The average molecular weight is 191 g/mol. The van der Waals surface area contributed by atoms with Gasteiger partial charge in [0.25, 0.3) is 0 Å². The summed E-state index contributed by atoms with van der Waals surface area (Å²) in [6, 6.07) is 2.63. The van der Waals surface area contributed by atoms with Crippen molar-refractivity contribution in [2.24, 2.45) is 0 Å². The summed E-state index contributed by atoms with van der Waals surface area (Å²) in [7, 11) is 2.19. The molecular formula is C11H17N3. The second-order valence-electron chi connectivity index (χ2n) is 3.93. The largest absolute Gasteiger partial charge is 0.314 e. The second kappa shape index (κ2) is 4.07. The first-order chi connectivity index (χ1) is 6.79. The van der Waals surface area contributed by atoms with Gasteiger partial charge in [-0.15, -0.1) is 0 Å². The monoisotopic (exact) mass is 191 g/mol. The van der Waals surface area contributed by atoms with Crippen molar-refractivity contribution < 1.29 is 0 Å². The van der Waals surface area contributed by atoms with Crippen LogP contribution in [-0.4, -0.2) is 36.6 Å². The third kappa shape index (κ3) is 1.79. The molecule has 0 saturated carbocycles. The van der Waals surface area contributed by atoms with Crippen LogP contribution in [-0.2, 0) is 0 Å². The van der Waals surface area contributed by atoms with Crippen LogP contribution in [0.4, 0.5) is 0 Å². The average Bonchev–Trinajstić information content (AvgIpc) is 2.20. The summed E-state index contributed by atoms with van der Waals surface area (Å²) >= 11 is 0. The summed E-state index contributed by atoms with van der Waals surface area (Å²) < 4.78 is 0. The Morgan fingerprint density at radius 1 is 1.57 bits per heavy atom. The Labute approximate surface area is 85.1 Å². The van der Waals surface area contributed by atoms with Gasteiger partial charge < -0.3 is 5.32 Å². The molecule has 1 aliphatic rings. The fraction of sp³-hybridized carbons (Fsp3) is 0.545.